The van der Waals surface area contributed by atoms with E-state index in [0.717, 1.165) is 77.5 Å². The van der Waals surface area contributed by atoms with Crippen molar-refractivity contribution in [3.05, 3.63) is 105 Å². The van der Waals surface area contributed by atoms with Crippen LogP contribution in [0.15, 0.2) is 77.7 Å². The van der Waals surface area contributed by atoms with Gasteiger partial charge in [-0.2, -0.15) is 10.4 Å². The van der Waals surface area contributed by atoms with Gasteiger partial charge < -0.3 is 29.7 Å². The van der Waals surface area contributed by atoms with Crippen molar-refractivity contribution < 1.29 is 29.6 Å². The lowest BCUT2D eigenvalue weighted by Crippen LogP contribution is -2.39. The number of aliphatic carboxylic acids is 1. The number of aliphatic hydroxyl groups excluding tert-OH is 2. The van der Waals surface area contributed by atoms with Crippen molar-refractivity contribution in [3.8, 4) is 28.7 Å². The highest BCUT2D eigenvalue weighted by Gasteiger charge is 2.20. The third-order valence-corrected chi connectivity index (χ3v) is 10.5. The molecule has 3 aromatic carbocycles. The summed E-state index contributed by atoms with van der Waals surface area (Å²) in [6.07, 6.45) is 7.44. The summed E-state index contributed by atoms with van der Waals surface area (Å²) in [6.45, 7) is 3.34. The number of ether oxygens (including phenoxy) is 2. The Labute approximate surface area is 320 Å². The molecule has 1 saturated heterocycles. The van der Waals surface area contributed by atoms with E-state index in [1.54, 1.807) is 24.4 Å². The van der Waals surface area contributed by atoms with Crippen molar-refractivity contribution in [2.45, 2.75) is 57.7 Å². The second-order valence-corrected chi connectivity index (χ2v) is 14.1. The van der Waals surface area contributed by atoms with Gasteiger partial charge in [0.25, 0.3) is 0 Å². The number of fused-ring (bicyclic) bond motifs is 1. The fourth-order valence-electron chi connectivity index (χ4n) is 6.37. The molecule has 0 amide bonds. The molecule has 276 valence electrons. The van der Waals surface area contributed by atoms with E-state index in [2.05, 4.69) is 60.1 Å². The molecule has 0 bridgehead atoms. The average molecular weight is 804 g/mol. The number of halogens is 2. The van der Waals surface area contributed by atoms with Crippen LogP contribution in [0.1, 0.15) is 41.5 Å². The van der Waals surface area contributed by atoms with Gasteiger partial charge in [0, 0.05) is 71.2 Å². The largest absolute Gasteiger partial charge is 0.488 e. The first-order valence-corrected chi connectivity index (χ1v) is 18.5. The SMILES string of the molecule is N#Cc1cncc(COc2cc(OCc3cccc(-c4cccc5c4cnn5CCCN4CCC(O)CC4)c3Br)c(Cl)cc2CN[C@@H](CO)C(=O)O)c1. The molecule has 0 spiro atoms. The Balaban J connectivity index is 1.19. The minimum Gasteiger partial charge on any atom is -0.488 e. The van der Waals surface area contributed by atoms with Crippen molar-refractivity contribution in [3.63, 3.8) is 0 Å². The minimum absolute atomic E-state index is 0.0442. The maximum Gasteiger partial charge on any atom is 0.323 e. The highest BCUT2D eigenvalue weighted by atomic mass is 79.9. The van der Waals surface area contributed by atoms with Gasteiger partial charge in [0.2, 0.25) is 0 Å². The molecule has 5 aromatic rings. The van der Waals surface area contributed by atoms with E-state index < -0.39 is 18.6 Å². The third kappa shape index (κ3) is 9.52. The van der Waals surface area contributed by atoms with E-state index in [1.165, 1.54) is 6.20 Å². The molecule has 2 aromatic heterocycles. The average Bonchev–Trinajstić information content (AvgIpc) is 3.58. The number of likely N-dealkylation sites (tertiary alicyclic amines) is 1. The Hall–Kier alpha value is -4.55. The van der Waals surface area contributed by atoms with Crippen LogP contribution in [0.4, 0.5) is 0 Å². The Morgan fingerprint density at radius 3 is 2.57 bits per heavy atom. The summed E-state index contributed by atoms with van der Waals surface area (Å²) >= 11 is 10.5. The van der Waals surface area contributed by atoms with Crippen LogP contribution >= 0.6 is 27.5 Å². The molecule has 53 heavy (non-hydrogen) atoms. The molecule has 1 aliphatic rings. The zero-order valence-corrected chi connectivity index (χ0v) is 31.3. The number of nitrogens with zero attached hydrogens (tertiary/aromatic N) is 5. The van der Waals surface area contributed by atoms with Gasteiger partial charge in [-0.25, -0.2) is 0 Å². The van der Waals surface area contributed by atoms with Crippen LogP contribution in [0.25, 0.3) is 22.0 Å². The molecule has 1 atom stereocenters. The van der Waals surface area contributed by atoms with E-state index >= 15 is 0 Å². The van der Waals surface area contributed by atoms with Gasteiger partial charge in [0.15, 0.2) is 0 Å². The molecule has 6 rings (SSSR count). The Morgan fingerprint density at radius 1 is 1.02 bits per heavy atom. The molecular formula is C39H40BrClN6O6. The normalized spacial score (nSPS) is 14.2. The number of carboxylic acids is 1. The summed E-state index contributed by atoms with van der Waals surface area (Å²) in [5.74, 6) is -0.454. The fourth-order valence-corrected chi connectivity index (χ4v) is 7.20. The smallest absolute Gasteiger partial charge is 0.323 e. The van der Waals surface area contributed by atoms with Crippen molar-refractivity contribution in [2.75, 3.05) is 26.2 Å². The summed E-state index contributed by atoms with van der Waals surface area (Å²) in [6, 6.07) is 18.1. The quantitative estimate of drug-likeness (QED) is 0.0935. The zero-order valence-electron chi connectivity index (χ0n) is 28.9. The summed E-state index contributed by atoms with van der Waals surface area (Å²) in [5, 5.41) is 46.9. The standard InChI is InChI=1S/C39H40BrClN6O6/c40-38-27(4-1-6-31(38)30-5-2-7-35-32(30)21-45-47(35)11-3-10-46-12-8-29(49)9-13-46)24-53-37-16-36(52-23-26-14-25(17-42)18-43-19-26)28(15-33(37)41)20-44-34(22-48)39(50)51/h1-2,4-7,14-16,18-19,21,29,34,44,48-49H,3,8-13,20,22-24H2,(H,50,51)/t34-/m0/s1. The Bertz CT molecular complexity index is 2100. The van der Waals surface area contributed by atoms with E-state index in [4.69, 9.17) is 26.2 Å². The predicted molar refractivity (Wildman–Crippen MR) is 204 cm³/mol. The molecule has 12 nitrogen and oxygen atoms in total. The number of aryl methyl sites for hydroxylation is 1. The number of hydrogen-bond acceptors (Lipinski definition) is 10. The number of carbonyl (C=O) groups is 1. The van der Waals surface area contributed by atoms with E-state index in [-0.39, 0.29) is 25.9 Å². The summed E-state index contributed by atoms with van der Waals surface area (Å²) in [4.78, 5) is 18.0. The number of aromatic nitrogens is 3. The number of hydrogen-bond donors (Lipinski definition) is 4. The molecular weight excluding hydrogens is 764 g/mol. The first-order chi connectivity index (χ1) is 25.7. The van der Waals surface area contributed by atoms with Crippen LogP contribution < -0.4 is 14.8 Å². The van der Waals surface area contributed by atoms with E-state index in [1.807, 2.05) is 24.4 Å². The number of benzene rings is 3. The molecule has 14 heteroatoms. The monoisotopic (exact) mass is 802 g/mol. The molecule has 1 fully saturated rings. The second-order valence-electron chi connectivity index (χ2n) is 12.9. The third-order valence-electron chi connectivity index (χ3n) is 9.29. The van der Waals surface area contributed by atoms with Crippen LogP contribution in [0.5, 0.6) is 11.5 Å². The molecule has 1 aliphatic heterocycles. The van der Waals surface area contributed by atoms with Crippen molar-refractivity contribution in [2.24, 2.45) is 0 Å². The fraction of sp³-hybridized carbons (Fsp3) is 0.333. The first kappa shape index (κ1) is 38.2. The Kier molecular flexibility index (Phi) is 13.0. The maximum atomic E-state index is 11.5. The Morgan fingerprint density at radius 2 is 1.79 bits per heavy atom. The van der Waals surface area contributed by atoms with Gasteiger partial charge in [-0.05, 0) is 71.1 Å². The maximum absolute atomic E-state index is 11.5. The van der Waals surface area contributed by atoms with Crippen LogP contribution in [-0.4, -0.2) is 79.3 Å². The van der Waals surface area contributed by atoms with Crippen LogP contribution in [0.2, 0.25) is 5.02 Å². The van der Waals surface area contributed by atoms with Crippen LogP contribution in [-0.2, 0) is 31.1 Å². The van der Waals surface area contributed by atoms with Gasteiger partial charge >= 0.3 is 5.97 Å². The molecule has 0 radical (unpaired) electrons. The number of aliphatic hydroxyl groups is 2. The van der Waals surface area contributed by atoms with Crippen LogP contribution in [0, 0.1) is 11.3 Å². The van der Waals surface area contributed by atoms with E-state index in [9.17, 15) is 25.4 Å². The van der Waals surface area contributed by atoms with Gasteiger partial charge in [0.1, 0.15) is 36.8 Å². The lowest BCUT2D eigenvalue weighted by atomic mass is 10.00. The molecule has 0 saturated carbocycles. The van der Waals surface area contributed by atoms with Gasteiger partial charge in [-0.3, -0.25) is 19.8 Å². The van der Waals surface area contributed by atoms with Crippen molar-refractivity contribution >= 4 is 44.4 Å². The number of piperidine rings is 1. The zero-order chi connectivity index (χ0) is 37.3. The highest BCUT2D eigenvalue weighted by Crippen LogP contribution is 2.38. The van der Waals surface area contributed by atoms with Crippen LogP contribution in [0.3, 0.4) is 0 Å². The lowest BCUT2D eigenvalue weighted by molar-refractivity contribution is -0.140. The van der Waals surface area contributed by atoms with Gasteiger partial charge in [-0.1, -0.05) is 41.9 Å². The van der Waals surface area contributed by atoms with Gasteiger partial charge in [-0.15, -0.1) is 0 Å². The molecule has 0 aliphatic carbocycles. The van der Waals surface area contributed by atoms with Crippen molar-refractivity contribution in [1.82, 2.24) is 25.0 Å². The molecule has 0 unspecified atom stereocenters. The predicted octanol–water partition coefficient (Wildman–Crippen LogP) is 5.93. The number of nitriles is 1. The molecule has 3 heterocycles. The number of rotatable bonds is 16. The topological polar surface area (TPSA) is 166 Å². The molecule has 4 N–H and O–H groups in total. The number of carboxylic acid groups (broad SMARTS) is 1. The lowest BCUT2D eigenvalue weighted by Gasteiger charge is -2.29. The van der Waals surface area contributed by atoms with Gasteiger partial charge in [0.05, 0.1) is 35.0 Å². The summed E-state index contributed by atoms with van der Waals surface area (Å²) in [5.41, 5.74) is 5.58. The number of nitrogens with one attached hydrogen (secondary N) is 1. The van der Waals surface area contributed by atoms with E-state index in [0.29, 0.717) is 33.2 Å². The minimum atomic E-state index is -1.19. The highest BCUT2D eigenvalue weighted by molar-refractivity contribution is 9.10. The summed E-state index contributed by atoms with van der Waals surface area (Å²) in [7, 11) is 0. The van der Waals surface area contributed by atoms with Crippen molar-refractivity contribution in [1.29, 1.82) is 5.26 Å². The first-order valence-electron chi connectivity index (χ1n) is 17.4. The number of pyridine rings is 1. The second kappa shape index (κ2) is 18.0. The summed E-state index contributed by atoms with van der Waals surface area (Å²) < 4.78 is 15.3.